The van der Waals surface area contributed by atoms with Crippen molar-refractivity contribution in [2.45, 2.75) is 53.0 Å². The molecule has 0 aromatic heterocycles. The minimum absolute atomic E-state index is 0.0163. The lowest BCUT2D eigenvalue weighted by atomic mass is 10.1. The van der Waals surface area contributed by atoms with Crippen LogP contribution in [0.3, 0.4) is 0 Å². The molecule has 0 aliphatic carbocycles. The molecule has 5 heteroatoms. The van der Waals surface area contributed by atoms with Crippen molar-refractivity contribution in [1.29, 1.82) is 0 Å². The van der Waals surface area contributed by atoms with E-state index in [4.69, 9.17) is 5.11 Å². The first-order chi connectivity index (χ1) is 14.5. The van der Waals surface area contributed by atoms with Crippen LogP contribution in [-0.4, -0.2) is 41.5 Å². The predicted molar refractivity (Wildman–Crippen MR) is 122 cm³/mol. The van der Waals surface area contributed by atoms with Crippen molar-refractivity contribution >= 4 is 17.6 Å². The summed E-state index contributed by atoms with van der Waals surface area (Å²) in [6.07, 6.45) is 2.55. The predicted octanol–water partition coefficient (Wildman–Crippen LogP) is 4.99. The minimum Gasteiger partial charge on any atom is -0.481 e. The fourth-order valence-electron chi connectivity index (χ4n) is 3.57. The molecular formula is C25H34N2O3. The van der Waals surface area contributed by atoms with Gasteiger partial charge < -0.3 is 14.9 Å². The highest BCUT2D eigenvalue weighted by molar-refractivity contribution is 5.94. The van der Waals surface area contributed by atoms with E-state index in [2.05, 4.69) is 37.8 Å². The summed E-state index contributed by atoms with van der Waals surface area (Å²) in [6, 6.07) is 15.7. The zero-order chi connectivity index (χ0) is 21.9. The van der Waals surface area contributed by atoms with Gasteiger partial charge in [0, 0.05) is 43.9 Å². The number of aryl methyl sites for hydroxylation is 1. The summed E-state index contributed by atoms with van der Waals surface area (Å²) in [7, 11) is 0. The molecule has 2 aromatic rings. The maximum atomic E-state index is 13.3. The summed E-state index contributed by atoms with van der Waals surface area (Å²) >= 11 is 0. The molecule has 1 amide bonds. The number of nitrogens with zero attached hydrogens (tertiary/aromatic N) is 2. The van der Waals surface area contributed by atoms with Gasteiger partial charge in [0.05, 0.1) is 0 Å². The van der Waals surface area contributed by atoms with E-state index in [0.717, 1.165) is 37.1 Å². The summed E-state index contributed by atoms with van der Waals surface area (Å²) in [4.78, 5) is 28.3. The smallest absolute Gasteiger partial charge is 0.303 e. The highest BCUT2D eigenvalue weighted by Gasteiger charge is 2.18. The van der Waals surface area contributed by atoms with Crippen LogP contribution in [-0.2, 0) is 17.8 Å². The van der Waals surface area contributed by atoms with Crippen molar-refractivity contribution in [3.8, 4) is 0 Å². The molecule has 0 atom stereocenters. The SMILES string of the molecule is CCCCN(Cc1ccccc1N(CC)CC)C(=O)c1ccc(CCC(=O)O)cc1. The third kappa shape index (κ3) is 6.61. The Kier molecular flexibility index (Phi) is 9.39. The first-order valence-corrected chi connectivity index (χ1v) is 10.9. The van der Waals surface area contributed by atoms with Crippen molar-refractivity contribution in [2.75, 3.05) is 24.5 Å². The van der Waals surface area contributed by atoms with Crippen LogP contribution in [0, 0.1) is 0 Å². The van der Waals surface area contributed by atoms with Gasteiger partial charge in [-0.25, -0.2) is 0 Å². The Morgan fingerprint density at radius 3 is 2.20 bits per heavy atom. The normalized spacial score (nSPS) is 10.6. The van der Waals surface area contributed by atoms with Crippen LogP contribution >= 0.6 is 0 Å². The Labute approximate surface area is 180 Å². The highest BCUT2D eigenvalue weighted by atomic mass is 16.4. The summed E-state index contributed by atoms with van der Waals surface area (Å²) in [5.41, 5.74) is 3.91. The fraction of sp³-hybridized carbons (Fsp3) is 0.440. The Bertz CT molecular complexity index is 813. The Morgan fingerprint density at radius 2 is 1.60 bits per heavy atom. The zero-order valence-electron chi connectivity index (χ0n) is 18.4. The Balaban J connectivity index is 2.21. The number of unbranched alkanes of at least 4 members (excludes halogenated alkanes) is 1. The molecular weight excluding hydrogens is 376 g/mol. The number of hydrogen-bond donors (Lipinski definition) is 1. The number of para-hydroxylation sites is 1. The first-order valence-electron chi connectivity index (χ1n) is 10.9. The van der Waals surface area contributed by atoms with E-state index in [1.807, 2.05) is 41.3 Å². The van der Waals surface area contributed by atoms with Crippen molar-refractivity contribution in [2.24, 2.45) is 0 Å². The molecule has 0 fully saturated rings. The summed E-state index contributed by atoms with van der Waals surface area (Å²) in [6.45, 7) is 9.56. The lowest BCUT2D eigenvalue weighted by molar-refractivity contribution is -0.136. The topological polar surface area (TPSA) is 60.9 Å². The van der Waals surface area contributed by atoms with Gasteiger partial charge in [-0.05, 0) is 56.0 Å². The number of carbonyl (C=O) groups is 2. The van der Waals surface area contributed by atoms with E-state index >= 15 is 0 Å². The van der Waals surface area contributed by atoms with Gasteiger partial charge in [-0.2, -0.15) is 0 Å². The number of benzene rings is 2. The highest BCUT2D eigenvalue weighted by Crippen LogP contribution is 2.23. The number of carbonyl (C=O) groups excluding carboxylic acids is 1. The zero-order valence-corrected chi connectivity index (χ0v) is 18.4. The number of anilines is 1. The number of carboxylic acids is 1. The lowest BCUT2D eigenvalue weighted by Gasteiger charge is -2.28. The maximum Gasteiger partial charge on any atom is 0.303 e. The number of carboxylic acid groups (broad SMARTS) is 1. The molecule has 0 unspecified atom stereocenters. The van der Waals surface area contributed by atoms with E-state index in [1.54, 1.807) is 0 Å². The van der Waals surface area contributed by atoms with Gasteiger partial charge in [0.25, 0.3) is 5.91 Å². The van der Waals surface area contributed by atoms with Crippen LogP contribution in [0.1, 0.15) is 61.5 Å². The molecule has 0 bridgehead atoms. The van der Waals surface area contributed by atoms with Gasteiger partial charge in [-0.3, -0.25) is 9.59 Å². The molecule has 2 rings (SSSR count). The molecule has 0 aliphatic rings. The maximum absolute atomic E-state index is 13.3. The van der Waals surface area contributed by atoms with E-state index in [0.29, 0.717) is 25.1 Å². The molecule has 2 aromatic carbocycles. The molecule has 0 saturated carbocycles. The summed E-state index contributed by atoms with van der Waals surface area (Å²) in [5, 5.41) is 8.85. The van der Waals surface area contributed by atoms with Crippen LogP contribution in [0.2, 0.25) is 0 Å². The minimum atomic E-state index is -0.812. The average molecular weight is 411 g/mol. The van der Waals surface area contributed by atoms with Crippen molar-refractivity contribution < 1.29 is 14.7 Å². The second-order valence-corrected chi connectivity index (χ2v) is 7.47. The summed E-state index contributed by atoms with van der Waals surface area (Å²) < 4.78 is 0. The third-order valence-corrected chi connectivity index (χ3v) is 5.35. The number of rotatable bonds is 12. The van der Waals surface area contributed by atoms with E-state index < -0.39 is 5.97 Å². The Morgan fingerprint density at radius 1 is 0.933 bits per heavy atom. The van der Waals surface area contributed by atoms with E-state index in [-0.39, 0.29) is 12.3 Å². The molecule has 5 nitrogen and oxygen atoms in total. The number of aliphatic carboxylic acids is 1. The van der Waals surface area contributed by atoms with Crippen LogP contribution in [0.5, 0.6) is 0 Å². The van der Waals surface area contributed by atoms with E-state index in [1.165, 1.54) is 5.69 Å². The van der Waals surface area contributed by atoms with Gasteiger partial charge >= 0.3 is 5.97 Å². The molecule has 30 heavy (non-hydrogen) atoms. The molecule has 0 heterocycles. The summed E-state index contributed by atoms with van der Waals surface area (Å²) in [5.74, 6) is -0.796. The second kappa shape index (κ2) is 12.0. The standard InChI is InChI=1S/C25H34N2O3/c1-4-7-18-27(19-22-10-8-9-11-23(22)26(5-2)6-3)25(30)21-15-12-20(13-16-21)14-17-24(28)29/h8-13,15-16H,4-7,14,17-19H2,1-3H3,(H,28,29). The quantitative estimate of drug-likeness (QED) is 0.535. The largest absolute Gasteiger partial charge is 0.481 e. The fourth-order valence-corrected chi connectivity index (χ4v) is 3.57. The third-order valence-electron chi connectivity index (χ3n) is 5.35. The average Bonchev–Trinajstić information content (AvgIpc) is 2.76. The van der Waals surface area contributed by atoms with Crippen LogP contribution < -0.4 is 4.90 Å². The molecule has 162 valence electrons. The van der Waals surface area contributed by atoms with Crippen LogP contribution in [0.4, 0.5) is 5.69 Å². The van der Waals surface area contributed by atoms with Crippen molar-refractivity contribution in [3.63, 3.8) is 0 Å². The Hall–Kier alpha value is -2.82. The van der Waals surface area contributed by atoms with Gasteiger partial charge in [-0.1, -0.05) is 43.7 Å². The van der Waals surface area contributed by atoms with Crippen molar-refractivity contribution in [3.05, 3.63) is 65.2 Å². The first kappa shape index (κ1) is 23.5. The van der Waals surface area contributed by atoms with Gasteiger partial charge in [0.1, 0.15) is 0 Å². The van der Waals surface area contributed by atoms with Crippen LogP contribution in [0.25, 0.3) is 0 Å². The molecule has 0 aliphatic heterocycles. The molecule has 1 N–H and O–H groups in total. The van der Waals surface area contributed by atoms with Gasteiger partial charge in [0.15, 0.2) is 0 Å². The molecule has 0 spiro atoms. The number of hydrogen-bond acceptors (Lipinski definition) is 3. The monoisotopic (exact) mass is 410 g/mol. The van der Waals surface area contributed by atoms with Gasteiger partial charge in [-0.15, -0.1) is 0 Å². The molecule has 0 saturated heterocycles. The van der Waals surface area contributed by atoms with E-state index in [9.17, 15) is 9.59 Å². The van der Waals surface area contributed by atoms with Gasteiger partial charge in [0.2, 0.25) is 0 Å². The van der Waals surface area contributed by atoms with Crippen LogP contribution in [0.15, 0.2) is 48.5 Å². The lowest BCUT2D eigenvalue weighted by Crippen LogP contribution is -2.32. The second-order valence-electron chi connectivity index (χ2n) is 7.47. The molecule has 0 radical (unpaired) electrons. The number of amides is 1. The van der Waals surface area contributed by atoms with Crippen molar-refractivity contribution in [1.82, 2.24) is 4.90 Å².